The predicted octanol–water partition coefficient (Wildman–Crippen LogP) is 3.76. The third-order valence-corrected chi connectivity index (χ3v) is 7.34. The monoisotopic (exact) mass is 453 g/mol. The molecular weight excluding hydrogens is 434 g/mol. The fourth-order valence-electron chi connectivity index (χ4n) is 3.83. The molecule has 0 aliphatic carbocycles. The first-order valence-corrected chi connectivity index (χ1v) is 11.8. The Kier molecular flexibility index (Phi) is 5.13. The summed E-state index contributed by atoms with van der Waals surface area (Å²) in [4.78, 5) is 9.15. The van der Waals surface area contributed by atoms with Crippen LogP contribution >= 0.6 is 11.6 Å². The average Bonchev–Trinajstić information content (AvgIpc) is 3.44. The van der Waals surface area contributed by atoms with Crippen molar-refractivity contribution in [3.63, 3.8) is 0 Å². The molecule has 2 aromatic carbocycles. The molecule has 9 heteroatoms. The van der Waals surface area contributed by atoms with Gasteiger partial charge in [0.15, 0.2) is 0 Å². The van der Waals surface area contributed by atoms with Crippen LogP contribution < -0.4 is 10.6 Å². The molecule has 2 N–H and O–H groups in total. The van der Waals surface area contributed by atoms with Gasteiger partial charge in [-0.2, -0.15) is 0 Å². The van der Waals surface area contributed by atoms with Crippen LogP contribution in [0.2, 0.25) is 5.02 Å². The summed E-state index contributed by atoms with van der Waals surface area (Å²) in [6.07, 6.45) is 4.12. The van der Waals surface area contributed by atoms with E-state index in [9.17, 15) is 8.42 Å². The van der Waals surface area contributed by atoms with Gasteiger partial charge in [-0.05, 0) is 31.2 Å². The Morgan fingerprint density at radius 3 is 2.65 bits per heavy atom. The van der Waals surface area contributed by atoms with Gasteiger partial charge in [-0.3, -0.25) is 0 Å². The topological polar surface area (TPSA) is 88.9 Å². The van der Waals surface area contributed by atoms with Crippen LogP contribution in [0.15, 0.2) is 71.9 Å². The van der Waals surface area contributed by atoms with E-state index in [0.717, 1.165) is 24.9 Å². The molecule has 5 rings (SSSR count). The molecule has 158 valence electrons. The number of hydrogen-bond acceptors (Lipinski definition) is 6. The quantitative estimate of drug-likeness (QED) is 0.478. The highest BCUT2D eigenvalue weighted by Gasteiger charge is 2.23. The third-order valence-electron chi connectivity index (χ3n) is 5.37. The van der Waals surface area contributed by atoms with Crippen molar-refractivity contribution in [2.45, 2.75) is 17.4 Å². The van der Waals surface area contributed by atoms with Crippen LogP contribution in [0.3, 0.4) is 0 Å². The lowest BCUT2D eigenvalue weighted by molar-refractivity contribution is 0.589. The molecule has 3 heterocycles. The molecular formula is C22H20ClN5O2S. The van der Waals surface area contributed by atoms with E-state index >= 15 is 0 Å². The molecule has 2 aromatic heterocycles. The summed E-state index contributed by atoms with van der Waals surface area (Å²) in [5.74, 6) is 0.468. The molecule has 31 heavy (non-hydrogen) atoms. The highest BCUT2D eigenvalue weighted by atomic mass is 35.5. The molecule has 1 fully saturated rings. The Balaban J connectivity index is 1.65. The van der Waals surface area contributed by atoms with Crippen molar-refractivity contribution in [2.75, 3.05) is 18.4 Å². The van der Waals surface area contributed by atoms with E-state index in [1.807, 2.05) is 18.2 Å². The molecule has 0 unspecified atom stereocenters. The van der Waals surface area contributed by atoms with Gasteiger partial charge in [0.25, 0.3) is 10.0 Å². The van der Waals surface area contributed by atoms with Gasteiger partial charge in [0, 0.05) is 29.7 Å². The van der Waals surface area contributed by atoms with E-state index in [2.05, 4.69) is 20.6 Å². The summed E-state index contributed by atoms with van der Waals surface area (Å²) >= 11 is 6.46. The zero-order valence-electron chi connectivity index (χ0n) is 16.5. The summed E-state index contributed by atoms with van der Waals surface area (Å²) in [6.45, 7) is 1.79. The fourth-order valence-corrected chi connectivity index (χ4v) is 5.41. The maximum absolute atomic E-state index is 13.4. The van der Waals surface area contributed by atoms with Gasteiger partial charge in [0.05, 0.1) is 27.3 Å². The highest BCUT2D eigenvalue weighted by molar-refractivity contribution is 7.90. The molecule has 1 saturated heterocycles. The van der Waals surface area contributed by atoms with E-state index in [1.54, 1.807) is 48.8 Å². The number of nitrogens with one attached hydrogen (secondary N) is 2. The lowest BCUT2D eigenvalue weighted by Crippen LogP contribution is -2.23. The van der Waals surface area contributed by atoms with E-state index in [1.165, 1.54) is 3.97 Å². The van der Waals surface area contributed by atoms with Crippen molar-refractivity contribution in [2.24, 2.45) is 0 Å². The number of para-hydroxylation sites is 1. The number of anilines is 1. The van der Waals surface area contributed by atoms with Crippen LogP contribution in [-0.2, 0) is 10.0 Å². The smallest absolute Gasteiger partial charge is 0.268 e. The first kappa shape index (κ1) is 20.0. The van der Waals surface area contributed by atoms with E-state index < -0.39 is 10.0 Å². The minimum Gasteiger partial charge on any atom is -0.350 e. The zero-order chi connectivity index (χ0) is 21.4. The van der Waals surface area contributed by atoms with Gasteiger partial charge in [-0.15, -0.1) is 0 Å². The lowest BCUT2D eigenvalue weighted by atomic mass is 10.1. The van der Waals surface area contributed by atoms with Crippen molar-refractivity contribution >= 4 is 38.5 Å². The van der Waals surface area contributed by atoms with Crippen LogP contribution in [0, 0.1) is 0 Å². The summed E-state index contributed by atoms with van der Waals surface area (Å²) in [6, 6.07) is 15.9. The number of aromatic nitrogens is 3. The van der Waals surface area contributed by atoms with Crippen LogP contribution in [0.5, 0.6) is 0 Å². The Bertz CT molecular complexity index is 1350. The summed E-state index contributed by atoms with van der Waals surface area (Å²) in [7, 11) is -3.79. The van der Waals surface area contributed by atoms with Crippen molar-refractivity contribution in [3.05, 3.63) is 72.0 Å². The van der Waals surface area contributed by atoms with Crippen LogP contribution in [0.1, 0.15) is 6.42 Å². The van der Waals surface area contributed by atoms with Crippen molar-refractivity contribution < 1.29 is 8.42 Å². The van der Waals surface area contributed by atoms with Gasteiger partial charge in [0.2, 0.25) is 5.95 Å². The molecule has 0 spiro atoms. The first-order chi connectivity index (χ1) is 15.0. The molecule has 0 radical (unpaired) electrons. The van der Waals surface area contributed by atoms with Gasteiger partial charge in [0.1, 0.15) is 0 Å². The zero-order valence-corrected chi connectivity index (χ0v) is 18.1. The molecule has 0 saturated carbocycles. The largest absolute Gasteiger partial charge is 0.350 e. The first-order valence-electron chi connectivity index (χ1n) is 9.95. The van der Waals surface area contributed by atoms with Gasteiger partial charge in [-0.1, -0.05) is 48.0 Å². The standard InChI is InChI=1S/C22H20ClN5O2S/c23-19-13-25-22(26-15-10-11-24-12-15)27-21(19)18-14-28(20-9-5-4-8-17(18)20)31(29,30)16-6-2-1-3-7-16/h1-9,13-15,24H,10-12H2,(H,25,26,27)/t15-/m0/s1. The maximum atomic E-state index is 13.4. The Hall–Kier alpha value is -2.94. The summed E-state index contributed by atoms with van der Waals surface area (Å²) < 4.78 is 28.0. The van der Waals surface area contributed by atoms with Gasteiger partial charge in [-0.25, -0.2) is 22.4 Å². The van der Waals surface area contributed by atoms with E-state index in [-0.39, 0.29) is 10.9 Å². The molecule has 1 atom stereocenters. The molecule has 0 bridgehead atoms. The number of fused-ring (bicyclic) bond motifs is 1. The normalized spacial score (nSPS) is 16.6. The van der Waals surface area contributed by atoms with Crippen molar-refractivity contribution in [1.29, 1.82) is 0 Å². The van der Waals surface area contributed by atoms with Crippen LogP contribution in [-0.4, -0.2) is 41.5 Å². The molecule has 7 nitrogen and oxygen atoms in total. The Labute approximate surface area is 185 Å². The maximum Gasteiger partial charge on any atom is 0.268 e. The highest BCUT2D eigenvalue weighted by Crippen LogP contribution is 2.35. The van der Waals surface area contributed by atoms with E-state index in [0.29, 0.717) is 27.7 Å². The third kappa shape index (κ3) is 3.67. The SMILES string of the molecule is O=S(=O)(c1ccccc1)n1cc(-c2nc(N[C@H]3CCNC3)ncc2Cl)c2ccccc21. The lowest BCUT2D eigenvalue weighted by Gasteiger charge is -2.12. The Morgan fingerprint density at radius 1 is 1.10 bits per heavy atom. The number of nitrogens with zero attached hydrogens (tertiary/aromatic N) is 3. The van der Waals surface area contributed by atoms with E-state index in [4.69, 9.17) is 11.6 Å². The molecule has 0 amide bonds. The predicted molar refractivity (Wildman–Crippen MR) is 122 cm³/mol. The number of halogens is 1. The van der Waals surface area contributed by atoms with Crippen LogP contribution in [0.25, 0.3) is 22.2 Å². The number of benzene rings is 2. The van der Waals surface area contributed by atoms with Crippen LogP contribution in [0.4, 0.5) is 5.95 Å². The average molecular weight is 454 g/mol. The summed E-state index contributed by atoms with van der Waals surface area (Å²) in [5, 5.41) is 7.72. The van der Waals surface area contributed by atoms with Crippen molar-refractivity contribution in [3.8, 4) is 11.3 Å². The minimum atomic E-state index is -3.79. The number of rotatable bonds is 5. The molecule has 1 aliphatic heterocycles. The fraction of sp³-hybridized carbons (Fsp3) is 0.182. The molecule has 1 aliphatic rings. The van der Waals surface area contributed by atoms with Gasteiger partial charge < -0.3 is 10.6 Å². The minimum absolute atomic E-state index is 0.215. The van der Waals surface area contributed by atoms with Crippen molar-refractivity contribution in [1.82, 2.24) is 19.3 Å². The summed E-state index contributed by atoms with van der Waals surface area (Å²) in [5.41, 5.74) is 1.68. The Morgan fingerprint density at radius 2 is 1.87 bits per heavy atom. The number of hydrogen-bond donors (Lipinski definition) is 2. The second-order valence-corrected chi connectivity index (χ2v) is 9.62. The molecule has 4 aromatic rings. The van der Waals surface area contributed by atoms with Gasteiger partial charge >= 0.3 is 0 Å². The second-order valence-electron chi connectivity index (χ2n) is 7.40. The second kappa shape index (κ2) is 7.96.